The average Bonchev–Trinajstić information content (AvgIpc) is 2.76. The largest absolute Gasteiger partial charge is 0.459 e. The van der Waals surface area contributed by atoms with Gasteiger partial charge in [0.25, 0.3) is 0 Å². The summed E-state index contributed by atoms with van der Waals surface area (Å²) in [5, 5.41) is 4.95. The molecular formula is C27H30ClNO3. The second-order valence-corrected chi connectivity index (χ2v) is 8.48. The molecule has 2 aromatic carbocycles. The zero-order chi connectivity index (χ0) is 22.9. The van der Waals surface area contributed by atoms with Crippen molar-refractivity contribution in [1.82, 2.24) is 0 Å². The van der Waals surface area contributed by atoms with E-state index < -0.39 is 0 Å². The molecule has 0 spiro atoms. The van der Waals surface area contributed by atoms with Gasteiger partial charge in [-0.2, -0.15) is 0 Å². The molecule has 3 rings (SSSR count). The summed E-state index contributed by atoms with van der Waals surface area (Å²) in [7, 11) is 0. The standard InChI is InChI=1S/C27H30ClNO3/c1-19-16-20(2)26(28)24-17-23(29-31-18-22-13-9-7-10-14-22)15-11-6-4-5-8-12-21(3)32-27(30)25(19)24/h5,7-11,13-16,21H,4,6,12,17-18H2,1-3H3/b8-5+,15-11+,29-23+/t21-/m1/s1. The van der Waals surface area contributed by atoms with Gasteiger partial charge in [-0.1, -0.05) is 71.4 Å². The molecule has 32 heavy (non-hydrogen) atoms. The molecular weight excluding hydrogens is 422 g/mol. The highest BCUT2D eigenvalue weighted by Crippen LogP contribution is 2.29. The van der Waals surface area contributed by atoms with Crippen LogP contribution in [0.4, 0.5) is 0 Å². The maximum Gasteiger partial charge on any atom is 0.339 e. The maximum atomic E-state index is 13.1. The number of hydrogen-bond donors (Lipinski definition) is 0. The molecule has 168 valence electrons. The van der Waals surface area contributed by atoms with Crippen LogP contribution in [0, 0.1) is 13.8 Å². The van der Waals surface area contributed by atoms with Crippen molar-refractivity contribution in [2.75, 3.05) is 0 Å². The molecule has 0 fully saturated rings. The van der Waals surface area contributed by atoms with Gasteiger partial charge >= 0.3 is 5.97 Å². The number of fused-ring (bicyclic) bond motifs is 1. The monoisotopic (exact) mass is 451 g/mol. The van der Waals surface area contributed by atoms with E-state index in [1.54, 1.807) is 0 Å². The van der Waals surface area contributed by atoms with Crippen LogP contribution in [0.5, 0.6) is 0 Å². The van der Waals surface area contributed by atoms with Gasteiger partial charge in [0.1, 0.15) is 12.7 Å². The summed E-state index contributed by atoms with van der Waals surface area (Å²) >= 11 is 6.69. The zero-order valence-corrected chi connectivity index (χ0v) is 19.7. The number of hydrogen-bond acceptors (Lipinski definition) is 4. The molecule has 0 amide bonds. The van der Waals surface area contributed by atoms with Crippen molar-refractivity contribution in [2.45, 2.75) is 59.2 Å². The lowest BCUT2D eigenvalue weighted by atomic mass is 9.94. The van der Waals surface area contributed by atoms with Gasteiger partial charge in [-0.3, -0.25) is 0 Å². The Morgan fingerprint density at radius 3 is 2.62 bits per heavy atom. The van der Waals surface area contributed by atoms with Crippen LogP contribution in [0.3, 0.4) is 0 Å². The highest BCUT2D eigenvalue weighted by molar-refractivity contribution is 6.33. The van der Waals surface area contributed by atoms with E-state index in [0.29, 0.717) is 35.7 Å². The van der Waals surface area contributed by atoms with Crippen molar-refractivity contribution in [2.24, 2.45) is 5.16 Å². The third-order valence-electron chi connectivity index (χ3n) is 5.31. The summed E-state index contributed by atoms with van der Waals surface area (Å²) in [6.07, 6.45) is 10.8. The molecule has 5 heteroatoms. The van der Waals surface area contributed by atoms with E-state index in [1.165, 1.54) is 0 Å². The van der Waals surface area contributed by atoms with Gasteiger partial charge in [-0.05, 0) is 61.9 Å². The van der Waals surface area contributed by atoms with Crippen molar-refractivity contribution >= 4 is 23.3 Å². The number of halogens is 1. The van der Waals surface area contributed by atoms with E-state index in [0.717, 1.165) is 35.1 Å². The minimum atomic E-state index is -0.356. The number of carbonyl (C=O) groups excluding carboxylic acids is 1. The second kappa shape index (κ2) is 11.7. The predicted molar refractivity (Wildman–Crippen MR) is 130 cm³/mol. The van der Waals surface area contributed by atoms with Gasteiger partial charge in [-0.25, -0.2) is 4.79 Å². The second-order valence-electron chi connectivity index (χ2n) is 8.10. The minimum absolute atomic E-state index is 0.216. The van der Waals surface area contributed by atoms with E-state index in [4.69, 9.17) is 21.2 Å². The van der Waals surface area contributed by atoms with Gasteiger partial charge in [0, 0.05) is 17.9 Å². The van der Waals surface area contributed by atoms with Gasteiger partial charge in [0.2, 0.25) is 0 Å². The number of nitrogens with zero attached hydrogens (tertiary/aromatic N) is 1. The summed E-state index contributed by atoms with van der Waals surface area (Å²) in [6, 6.07) is 11.8. The molecule has 0 aromatic heterocycles. The normalized spacial score (nSPS) is 20.7. The van der Waals surface area contributed by atoms with Crippen LogP contribution < -0.4 is 0 Å². The molecule has 0 saturated carbocycles. The Morgan fingerprint density at radius 1 is 1.09 bits per heavy atom. The Bertz CT molecular complexity index is 1020. The first-order valence-corrected chi connectivity index (χ1v) is 11.4. The quantitative estimate of drug-likeness (QED) is 0.289. The lowest BCUT2D eigenvalue weighted by Gasteiger charge is -2.18. The number of cyclic esters (lactones) is 1. The van der Waals surface area contributed by atoms with E-state index >= 15 is 0 Å². The summed E-state index contributed by atoms with van der Waals surface area (Å²) in [6.45, 7) is 6.13. The number of aryl methyl sites for hydroxylation is 2. The molecule has 0 N–H and O–H groups in total. The Labute approximate surface area is 195 Å². The fraction of sp³-hybridized carbons (Fsp3) is 0.333. The first-order valence-electron chi connectivity index (χ1n) is 11.0. The molecule has 1 aliphatic rings. The Morgan fingerprint density at radius 2 is 1.84 bits per heavy atom. The summed E-state index contributed by atoms with van der Waals surface area (Å²) < 4.78 is 5.73. The third-order valence-corrected chi connectivity index (χ3v) is 5.84. The van der Waals surface area contributed by atoms with Crippen molar-refractivity contribution in [3.8, 4) is 0 Å². The summed E-state index contributed by atoms with van der Waals surface area (Å²) in [5.74, 6) is -0.356. The Balaban J connectivity index is 1.97. The molecule has 0 bridgehead atoms. The van der Waals surface area contributed by atoms with Crippen LogP contribution in [0.2, 0.25) is 5.02 Å². The molecule has 0 saturated heterocycles. The van der Waals surface area contributed by atoms with Gasteiger partial charge in [-0.15, -0.1) is 0 Å². The Hall–Kier alpha value is -2.85. The SMILES string of the molecule is Cc1cc(C)c2c(c1Cl)CC(=N/OCc1ccccc1)/C=C/CC/C=C/C[C@@H](C)OC2=O. The van der Waals surface area contributed by atoms with E-state index in [1.807, 2.05) is 63.2 Å². The highest BCUT2D eigenvalue weighted by Gasteiger charge is 2.23. The molecule has 0 radical (unpaired) electrons. The van der Waals surface area contributed by atoms with Crippen LogP contribution in [-0.4, -0.2) is 17.8 Å². The Kier molecular flexibility index (Phi) is 8.69. The third kappa shape index (κ3) is 6.57. The molecule has 1 atom stereocenters. The number of carbonyl (C=O) groups is 1. The molecule has 0 unspecified atom stereocenters. The summed E-state index contributed by atoms with van der Waals surface area (Å²) in [4.78, 5) is 18.7. The van der Waals surface area contributed by atoms with Crippen LogP contribution in [0.15, 0.2) is 65.9 Å². The van der Waals surface area contributed by atoms with E-state index in [-0.39, 0.29) is 12.1 Å². The maximum absolute atomic E-state index is 13.1. The molecule has 1 heterocycles. The van der Waals surface area contributed by atoms with Crippen molar-refractivity contribution < 1.29 is 14.4 Å². The predicted octanol–water partition coefficient (Wildman–Crippen LogP) is 6.91. The number of oxime groups is 1. The van der Waals surface area contributed by atoms with E-state index in [9.17, 15) is 4.79 Å². The average molecular weight is 452 g/mol. The molecule has 4 nitrogen and oxygen atoms in total. The first-order chi connectivity index (χ1) is 15.5. The van der Waals surface area contributed by atoms with Crippen LogP contribution in [0.1, 0.15) is 58.8 Å². The zero-order valence-electron chi connectivity index (χ0n) is 18.9. The number of rotatable bonds is 3. The fourth-order valence-electron chi connectivity index (χ4n) is 3.67. The van der Waals surface area contributed by atoms with E-state index in [2.05, 4.69) is 23.4 Å². The van der Waals surface area contributed by atoms with Crippen LogP contribution >= 0.6 is 11.6 Å². The van der Waals surface area contributed by atoms with Crippen LogP contribution in [0.25, 0.3) is 0 Å². The van der Waals surface area contributed by atoms with Crippen molar-refractivity contribution in [3.63, 3.8) is 0 Å². The molecule has 0 aliphatic carbocycles. The summed E-state index contributed by atoms with van der Waals surface area (Å²) in [5.41, 5.74) is 4.74. The lowest BCUT2D eigenvalue weighted by Crippen LogP contribution is -2.19. The first kappa shape index (κ1) is 23.8. The lowest BCUT2D eigenvalue weighted by molar-refractivity contribution is 0.0346. The van der Waals surface area contributed by atoms with Gasteiger partial charge < -0.3 is 9.57 Å². The number of ether oxygens (including phenoxy) is 1. The van der Waals surface area contributed by atoms with Crippen LogP contribution in [-0.2, 0) is 22.6 Å². The van der Waals surface area contributed by atoms with Crippen molar-refractivity contribution in [1.29, 1.82) is 0 Å². The van der Waals surface area contributed by atoms with Gasteiger partial charge in [0.05, 0.1) is 11.3 Å². The topological polar surface area (TPSA) is 47.9 Å². The minimum Gasteiger partial charge on any atom is -0.459 e. The molecule has 1 aliphatic heterocycles. The van der Waals surface area contributed by atoms with Gasteiger partial charge in [0.15, 0.2) is 0 Å². The number of benzene rings is 2. The van der Waals surface area contributed by atoms with Crippen molar-refractivity contribution in [3.05, 3.63) is 93.5 Å². The smallest absolute Gasteiger partial charge is 0.339 e. The molecule has 2 aromatic rings. The number of esters is 1. The highest BCUT2D eigenvalue weighted by atomic mass is 35.5. The number of allylic oxidation sites excluding steroid dienone is 3. The fourth-order valence-corrected chi connectivity index (χ4v) is 3.89.